The van der Waals surface area contributed by atoms with Gasteiger partial charge in [-0.3, -0.25) is 0 Å². The smallest absolute Gasteiger partial charge is 0.212 e. The second-order valence-corrected chi connectivity index (χ2v) is 3.84. The molecular formula is C14H12N3+. The average Bonchev–Trinajstić information content (AvgIpc) is 2.90. The highest BCUT2D eigenvalue weighted by atomic mass is 15.6. The first-order valence-electron chi connectivity index (χ1n) is 5.55. The number of anilines is 2. The first-order chi connectivity index (χ1) is 8.43. The highest BCUT2D eigenvalue weighted by Crippen LogP contribution is 2.21. The van der Waals surface area contributed by atoms with Crippen molar-refractivity contribution in [2.24, 2.45) is 5.10 Å². The predicted molar refractivity (Wildman–Crippen MR) is 70.1 cm³/mol. The fourth-order valence-corrected chi connectivity index (χ4v) is 1.79. The number of hydrogen-bond donors (Lipinski definition) is 0. The van der Waals surface area contributed by atoms with Gasteiger partial charge in [0.25, 0.3) is 0 Å². The molecule has 1 aliphatic rings. The zero-order valence-electron chi connectivity index (χ0n) is 9.32. The van der Waals surface area contributed by atoms with Crippen LogP contribution in [0.2, 0.25) is 0 Å². The van der Waals surface area contributed by atoms with Crippen LogP contribution in [0.3, 0.4) is 0 Å². The Kier molecular flexibility index (Phi) is 2.45. The van der Waals surface area contributed by atoms with E-state index in [1.165, 1.54) is 0 Å². The van der Waals surface area contributed by atoms with Gasteiger partial charge in [0.05, 0.1) is 5.69 Å². The van der Waals surface area contributed by atoms with Crippen molar-refractivity contribution in [2.75, 3.05) is 16.6 Å². The zero-order chi connectivity index (χ0) is 11.5. The zero-order valence-corrected chi connectivity index (χ0v) is 9.32. The molecule has 3 heteroatoms. The Balaban J connectivity index is 1.78. The Bertz CT molecular complexity index is 460. The van der Waals surface area contributed by atoms with Gasteiger partial charge in [-0.2, -0.15) is 0 Å². The SMILES string of the molecule is [C+]1=NN(c2ccccc2)CN1c1ccccc1. The summed E-state index contributed by atoms with van der Waals surface area (Å²) in [5.74, 6) is 0. The second-order valence-electron chi connectivity index (χ2n) is 3.84. The number of hydrazone groups is 1. The van der Waals surface area contributed by atoms with E-state index in [9.17, 15) is 0 Å². The molecule has 0 aliphatic carbocycles. The molecule has 3 rings (SSSR count). The molecule has 17 heavy (non-hydrogen) atoms. The Morgan fingerprint density at radius 3 is 2.06 bits per heavy atom. The number of hydrogen-bond acceptors (Lipinski definition) is 3. The Morgan fingerprint density at radius 1 is 0.824 bits per heavy atom. The van der Waals surface area contributed by atoms with Crippen molar-refractivity contribution in [2.45, 2.75) is 0 Å². The van der Waals surface area contributed by atoms with Gasteiger partial charge in [-0.25, -0.2) is 5.01 Å². The number of para-hydroxylation sites is 2. The van der Waals surface area contributed by atoms with Crippen LogP contribution in [0.15, 0.2) is 65.8 Å². The lowest BCUT2D eigenvalue weighted by Crippen LogP contribution is -2.25. The van der Waals surface area contributed by atoms with E-state index in [0.717, 1.165) is 11.4 Å². The lowest BCUT2D eigenvalue weighted by molar-refractivity contribution is 0.912. The van der Waals surface area contributed by atoms with Crippen LogP contribution in [0.1, 0.15) is 0 Å². The number of benzene rings is 2. The summed E-state index contributed by atoms with van der Waals surface area (Å²) in [4.78, 5) is 1.99. The van der Waals surface area contributed by atoms with E-state index in [1.54, 1.807) is 0 Å². The van der Waals surface area contributed by atoms with Gasteiger partial charge in [0, 0.05) is 17.2 Å². The van der Waals surface area contributed by atoms with Crippen LogP contribution in [0, 0.1) is 0 Å². The van der Waals surface area contributed by atoms with E-state index in [4.69, 9.17) is 0 Å². The normalized spacial score (nSPS) is 13.9. The van der Waals surface area contributed by atoms with E-state index in [1.807, 2.05) is 58.4 Å². The van der Waals surface area contributed by atoms with Crippen LogP contribution >= 0.6 is 0 Å². The minimum atomic E-state index is 0.702. The number of rotatable bonds is 2. The Labute approximate surface area is 101 Å². The standard InChI is InChI=1S/C14H12N3/c1-3-7-13(8-4-1)16-11-15-17(12-16)14-9-5-2-6-10-14/h1-10H,12H2/q+1. The molecule has 0 bridgehead atoms. The largest absolute Gasteiger partial charge is 0.343 e. The van der Waals surface area contributed by atoms with Crippen LogP contribution < -0.4 is 9.91 Å². The van der Waals surface area contributed by atoms with Crippen molar-refractivity contribution in [3.05, 3.63) is 60.7 Å². The summed E-state index contributed by atoms with van der Waals surface area (Å²) in [5, 5.41) is 6.20. The third-order valence-corrected chi connectivity index (χ3v) is 2.68. The van der Waals surface area contributed by atoms with Crippen molar-refractivity contribution in [3.63, 3.8) is 0 Å². The molecule has 0 aromatic heterocycles. The summed E-state index contributed by atoms with van der Waals surface area (Å²) in [5.41, 5.74) is 2.19. The van der Waals surface area contributed by atoms with Crippen molar-refractivity contribution in [1.29, 1.82) is 0 Å². The summed E-state index contributed by atoms with van der Waals surface area (Å²) in [6.45, 7) is 0.702. The molecule has 0 fully saturated rings. The monoisotopic (exact) mass is 222 g/mol. The minimum Gasteiger partial charge on any atom is -0.212 e. The van der Waals surface area contributed by atoms with Crippen molar-refractivity contribution in [1.82, 2.24) is 0 Å². The molecule has 82 valence electrons. The molecule has 1 heterocycles. The van der Waals surface area contributed by atoms with Crippen LogP contribution in [0.25, 0.3) is 0 Å². The molecule has 0 amide bonds. The van der Waals surface area contributed by atoms with Gasteiger partial charge < -0.3 is 0 Å². The highest BCUT2D eigenvalue weighted by Gasteiger charge is 2.26. The Hall–Kier alpha value is -2.38. The van der Waals surface area contributed by atoms with Gasteiger partial charge in [0.15, 0.2) is 12.4 Å². The molecule has 0 saturated carbocycles. The molecule has 0 atom stereocenters. The van der Waals surface area contributed by atoms with Crippen LogP contribution in [-0.2, 0) is 0 Å². The third-order valence-electron chi connectivity index (χ3n) is 2.68. The summed E-state index contributed by atoms with van der Waals surface area (Å²) in [6, 6.07) is 20.2. The maximum atomic E-state index is 4.27. The Morgan fingerprint density at radius 2 is 1.41 bits per heavy atom. The second kappa shape index (κ2) is 4.24. The van der Waals surface area contributed by atoms with Gasteiger partial charge in [-0.05, 0) is 24.3 Å². The van der Waals surface area contributed by atoms with Crippen LogP contribution in [-0.4, -0.2) is 13.0 Å². The maximum absolute atomic E-state index is 4.27. The van der Waals surface area contributed by atoms with Gasteiger partial charge >= 0.3 is 6.34 Å². The molecule has 0 saturated heterocycles. The summed E-state index contributed by atoms with van der Waals surface area (Å²) in [7, 11) is 0. The fourth-order valence-electron chi connectivity index (χ4n) is 1.79. The van der Waals surface area contributed by atoms with Crippen LogP contribution in [0.4, 0.5) is 11.4 Å². The molecule has 2 aromatic rings. The molecule has 3 nitrogen and oxygen atoms in total. The van der Waals surface area contributed by atoms with Gasteiger partial charge in [-0.1, -0.05) is 24.3 Å². The van der Waals surface area contributed by atoms with Gasteiger partial charge in [0.2, 0.25) is 0 Å². The molecule has 0 N–H and O–H groups in total. The minimum absolute atomic E-state index is 0.702. The summed E-state index contributed by atoms with van der Waals surface area (Å²) < 4.78 is 0. The lowest BCUT2D eigenvalue weighted by atomic mass is 10.3. The van der Waals surface area contributed by atoms with Crippen molar-refractivity contribution in [3.8, 4) is 0 Å². The van der Waals surface area contributed by atoms with E-state index in [2.05, 4.69) is 23.6 Å². The van der Waals surface area contributed by atoms with Crippen LogP contribution in [0.5, 0.6) is 0 Å². The predicted octanol–water partition coefficient (Wildman–Crippen LogP) is 2.79. The molecule has 0 spiro atoms. The van der Waals surface area contributed by atoms with Gasteiger partial charge in [-0.15, -0.1) is 4.90 Å². The van der Waals surface area contributed by atoms with Crippen molar-refractivity contribution >= 4 is 17.7 Å². The van der Waals surface area contributed by atoms with E-state index in [-0.39, 0.29) is 0 Å². The lowest BCUT2D eigenvalue weighted by Gasteiger charge is -2.11. The maximum Gasteiger partial charge on any atom is 0.343 e. The number of nitrogens with zero attached hydrogens (tertiary/aromatic N) is 3. The third kappa shape index (κ3) is 1.96. The molecule has 0 radical (unpaired) electrons. The quantitative estimate of drug-likeness (QED) is 0.728. The average molecular weight is 222 g/mol. The molecular weight excluding hydrogens is 210 g/mol. The summed E-state index contributed by atoms with van der Waals surface area (Å²) >= 11 is 0. The topological polar surface area (TPSA) is 18.8 Å². The highest BCUT2D eigenvalue weighted by molar-refractivity contribution is 5.83. The van der Waals surface area contributed by atoms with E-state index >= 15 is 0 Å². The van der Waals surface area contributed by atoms with Gasteiger partial charge in [0.1, 0.15) is 0 Å². The molecule has 0 unspecified atom stereocenters. The fraction of sp³-hybridized carbons (Fsp3) is 0.0714. The van der Waals surface area contributed by atoms with E-state index in [0.29, 0.717) is 6.67 Å². The molecule has 1 aliphatic heterocycles. The summed E-state index contributed by atoms with van der Waals surface area (Å²) in [6.07, 6.45) is 3.01. The first-order valence-corrected chi connectivity index (χ1v) is 5.55. The first kappa shape index (κ1) is 9.82. The molecule has 2 aromatic carbocycles. The van der Waals surface area contributed by atoms with E-state index < -0.39 is 0 Å². The van der Waals surface area contributed by atoms with Crippen molar-refractivity contribution < 1.29 is 0 Å².